The van der Waals surface area contributed by atoms with Gasteiger partial charge in [0.15, 0.2) is 15.6 Å². The number of hydrogen-bond acceptors (Lipinski definition) is 5. The predicted molar refractivity (Wildman–Crippen MR) is 78.4 cm³/mol. The quantitative estimate of drug-likeness (QED) is 0.821. The van der Waals surface area contributed by atoms with Crippen LogP contribution >= 0.6 is 0 Å². The van der Waals surface area contributed by atoms with Gasteiger partial charge in [0.1, 0.15) is 0 Å². The lowest BCUT2D eigenvalue weighted by molar-refractivity contribution is 0.101. The second kappa shape index (κ2) is 5.19. The van der Waals surface area contributed by atoms with E-state index in [9.17, 15) is 21.6 Å². The molecule has 1 saturated heterocycles. The molecule has 21 heavy (non-hydrogen) atoms. The Morgan fingerprint density at radius 2 is 2.00 bits per heavy atom. The molecule has 1 fully saturated rings. The molecule has 1 aliphatic heterocycles. The lowest BCUT2D eigenvalue weighted by Gasteiger charge is -2.23. The first kappa shape index (κ1) is 16.1. The van der Waals surface area contributed by atoms with Gasteiger partial charge in [-0.1, -0.05) is 12.1 Å². The summed E-state index contributed by atoms with van der Waals surface area (Å²) >= 11 is 0. The highest BCUT2D eigenvalue weighted by Gasteiger charge is 2.41. The fourth-order valence-electron chi connectivity index (χ4n) is 2.36. The van der Waals surface area contributed by atoms with Gasteiger partial charge in [0.2, 0.25) is 10.0 Å². The second-order valence-corrected chi connectivity index (χ2v) is 9.46. The molecule has 8 heteroatoms. The molecule has 1 heterocycles. The zero-order valence-electron chi connectivity index (χ0n) is 11.8. The Kier molecular flexibility index (Phi) is 3.98. The Labute approximate surface area is 124 Å². The molecule has 1 atom stereocenters. The summed E-state index contributed by atoms with van der Waals surface area (Å²) in [4.78, 5) is 11.3. The minimum atomic E-state index is -3.88. The first-order chi connectivity index (χ1) is 9.53. The second-order valence-electron chi connectivity index (χ2n) is 5.59. The van der Waals surface area contributed by atoms with E-state index in [2.05, 4.69) is 4.72 Å². The standard InChI is InChI=1S/C13H17NO5S2/c1-10(15)11-4-3-5-12(8-11)21(18,19)14-13(2)6-7-20(16,17)9-13/h3-5,8,14H,6-7,9H2,1-2H3. The summed E-state index contributed by atoms with van der Waals surface area (Å²) in [5.74, 6) is -0.479. The third kappa shape index (κ3) is 3.69. The van der Waals surface area contributed by atoms with Crippen LogP contribution in [0.2, 0.25) is 0 Å². The van der Waals surface area contributed by atoms with Gasteiger partial charge in [0, 0.05) is 11.1 Å². The molecular formula is C13H17NO5S2. The topological polar surface area (TPSA) is 97.4 Å². The SMILES string of the molecule is CC(=O)c1cccc(S(=O)(=O)NC2(C)CCS(=O)(=O)C2)c1. The number of sulfonamides is 1. The van der Waals surface area contributed by atoms with E-state index in [1.54, 1.807) is 6.92 Å². The van der Waals surface area contributed by atoms with E-state index in [-0.39, 0.29) is 28.6 Å². The molecule has 6 nitrogen and oxygen atoms in total. The summed E-state index contributed by atoms with van der Waals surface area (Å²) in [7, 11) is -7.09. The summed E-state index contributed by atoms with van der Waals surface area (Å²) in [5.41, 5.74) is -0.716. The average Bonchev–Trinajstić information content (AvgIpc) is 2.62. The van der Waals surface area contributed by atoms with Crippen molar-refractivity contribution >= 4 is 25.6 Å². The van der Waals surface area contributed by atoms with Crippen LogP contribution in [0.3, 0.4) is 0 Å². The van der Waals surface area contributed by atoms with Crippen LogP contribution in [0.1, 0.15) is 30.6 Å². The van der Waals surface area contributed by atoms with Gasteiger partial charge in [-0.15, -0.1) is 0 Å². The molecule has 0 aliphatic carbocycles. The van der Waals surface area contributed by atoms with E-state index >= 15 is 0 Å². The average molecular weight is 331 g/mol. The van der Waals surface area contributed by atoms with Crippen molar-refractivity contribution in [3.05, 3.63) is 29.8 Å². The Morgan fingerprint density at radius 3 is 2.52 bits per heavy atom. The van der Waals surface area contributed by atoms with Gasteiger partial charge in [0.25, 0.3) is 0 Å². The maximum Gasteiger partial charge on any atom is 0.241 e. The van der Waals surface area contributed by atoms with Crippen LogP contribution in [0.5, 0.6) is 0 Å². The number of hydrogen-bond donors (Lipinski definition) is 1. The van der Waals surface area contributed by atoms with Gasteiger partial charge in [-0.2, -0.15) is 0 Å². The summed E-state index contributed by atoms with van der Waals surface area (Å²) in [6, 6.07) is 5.68. The first-order valence-corrected chi connectivity index (χ1v) is 9.69. The molecule has 1 aromatic carbocycles. The van der Waals surface area contributed by atoms with Gasteiger partial charge in [-0.3, -0.25) is 4.79 Å². The van der Waals surface area contributed by atoms with Crippen LogP contribution in [-0.2, 0) is 19.9 Å². The Balaban J connectivity index is 2.31. The van der Waals surface area contributed by atoms with Crippen LogP contribution in [0.15, 0.2) is 29.2 Å². The Hall–Kier alpha value is -1.25. The molecule has 0 saturated carbocycles. The van der Waals surface area contributed by atoms with Crippen molar-refractivity contribution in [1.82, 2.24) is 4.72 Å². The first-order valence-electron chi connectivity index (χ1n) is 6.38. The summed E-state index contributed by atoms with van der Waals surface area (Å²) < 4.78 is 50.2. The molecule has 0 radical (unpaired) electrons. The summed E-state index contributed by atoms with van der Waals surface area (Å²) in [6.07, 6.45) is 0.237. The molecule has 0 spiro atoms. The number of carbonyl (C=O) groups is 1. The molecule has 1 unspecified atom stereocenters. The normalized spacial score (nSPS) is 24.9. The Morgan fingerprint density at radius 1 is 1.33 bits per heavy atom. The Bertz CT molecular complexity index is 783. The minimum Gasteiger partial charge on any atom is -0.295 e. The highest BCUT2D eigenvalue weighted by Crippen LogP contribution is 2.25. The van der Waals surface area contributed by atoms with Crippen molar-refractivity contribution in [3.8, 4) is 0 Å². The smallest absolute Gasteiger partial charge is 0.241 e. The van der Waals surface area contributed by atoms with Gasteiger partial charge >= 0.3 is 0 Å². The molecular weight excluding hydrogens is 314 g/mol. The molecule has 0 aromatic heterocycles. The number of sulfone groups is 1. The van der Waals surface area contributed by atoms with Crippen molar-refractivity contribution in [3.63, 3.8) is 0 Å². The number of benzene rings is 1. The number of ketones is 1. The highest BCUT2D eigenvalue weighted by molar-refractivity contribution is 7.92. The third-order valence-electron chi connectivity index (χ3n) is 3.43. The molecule has 1 aliphatic rings. The van der Waals surface area contributed by atoms with Crippen molar-refractivity contribution < 1.29 is 21.6 Å². The number of Topliss-reactive ketones (excluding diaryl/α,β-unsaturated/α-hetero) is 1. The molecule has 1 aromatic rings. The maximum atomic E-state index is 12.4. The maximum absolute atomic E-state index is 12.4. The number of rotatable bonds is 4. The van der Waals surface area contributed by atoms with Crippen LogP contribution < -0.4 is 4.72 Å². The predicted octanol–water partition coefficient (Wildman–Crippen LogP) is 0.745. The molecule has 0 amide bonds. The lowest BCUT2D eigenvalue weighted by atomic mass is 10.0. The molecule has 0 bridgehead atoms. The van der Waals surface area contributed by atoms with Crippen molar-refractivity contribution in [2.24, 2.45) is 0 Å². The third-order valence-corrected chi connectivity index (χ3v) is 6.97. The molecule has 1 N–H and O–H groups in total. The van der Waals surface area contributed by atoms with E-state index in [0.717, 1.165) is 0 Å². The zero-order valence-corrected chi connectivity index (χ0v) is 13.4. The number of nitrogens with one attached hydrogen (secondary N) is 1. The van der Waals surface area contributed by atoms with E-state index in [4.69, 9.17) is 0 Å². The number of carbonyl (C=O) groups excluding carboxylic acids is 1. The van der Waals surface area contributed by atoms with E-state index in [1.165, 1.54) is 31.2 Å². The van der Waals surface area contributed by atoms with Crippen molar-refractivity contribution in [2.75, 3.05) is 11.5 Å². The summed E-state index contributed by atoms with van der Waals surface area (Å²) in [5, 5.41) is 0. The highest BCUT2D eigenvalue weighted by atomic mass is 32.2. The van der Waals surface area contributed by atoms with E-state index in [1.807, 2.05) is 0 Å². The van der Waals surface area contributed by atoms with Gasteiger partial charge in [-0.05, 0) is 32.4 Å². The minimum absolute atomic E-state index is 0.0283. The van der Waals surface area contributed by atoms with Crippen molar-refractivity contribution in [1.29, 1.82) is 0 Å². The fraction of sp³-hybridized carbons (Fsp3) is 0.462. The van der Waals surface area contributed by atoms with E-state index in [0.29, 0.717) is 5.56 Å². The van der Waals surface area contributed by atoms with Crippen LogP contribution in [-0.4, -0.2) is 39.7 Å². The van der Waals surface area contributed by atoms with Crippen LogP contribution in [0.25, 0.3) is 0 Å². The van der Waals surface area contributed by atoms with Crippen LogP contribution in [0, 0.1) is 0 Å². The zero-order chi connectivity index (χ0) is 15.9. The lowest BCUT2D eigenvalue weighted by Crippen LogP contribution is -2.46. The largest absolute Gasteiger partial charge is 0.295 e. The fourth-order valence-corrected chi connectivity index (χ4v) is 6.02. The molecule has 116 valence electrons. The van der Waals surface area contributed by atoms with Gasteiger partial charge in [-0.25, -0.2) is 21.6 Å². The van der Waals surface area contributed by atoms with Crippen LogP contribution in [0.4, 0.5) is 0 Å². The molecule has 2 rings (SSSR count). The van der Waals surface area contributed by atoms with E-state index < -0.39 is 25.4 Å². The monoisotopic (exact) mass is 331 g/mol. The van der Waals surface area contributed by atoms with Gasteiger partial charge < -0.3 is 0 Å². The van der Waals surface area contributed by atoms with Crippen molar-refractivity contribution in [2.45, 2.75) is 30.7 Å². The van der Waals surface area contributed by atoms with Gasteiger partial charge in [0.05, 0.1) is 16.4 Å². The summed E-state index contributed by atoms with van der Waals surface area (Å²) in [6.45, 7) is 2.92.